The van der Waals surface area contributed by atoms with Crippen molar-refractivity contribution in [2.24, 2.45) is 0 Å². The van der Waals surface area contributed by atoms with E-state index in [1.807, 2.05) is 23.9 Å². The van der Waals surface area contributed by atoms with Gasteiger partial charge in [0.15, 0.2) is 0 Å². The molecule has 24 heavy (non-hydrogen) atoms. The largest absolute Gasteiger partial charge is 1.00 e. The first kappa shape index (κ1) is 20.6. The van der Waals surface area contributed by atoms with E-state index in [-0.39, 0.29) is 1.43 Å². The zero-order chi connectivity index (χ0) is 18.3. The second kappa shape index (κ2) is 7.23. The van der Waals surface area contributed by atoms with Crippen LogP contribution >= 0.6 is 19.6 Å². The van der Waals surface area contributed by atoms with Crippen LogP contribution in [0.5, 0.6) is 5.75 Å². The van der Waals surface area contributed by atoms with Crippen LogP contribution in [-0.2, 0) is 11.5 Å². The second-order valence-corrected chi connectivity index (χ2v) is 7.69. The summed E-state index contributed by atoms with van der Waals surface area (Å²) >= 11 is 1.93. The maximum atomic E-state index is 9.87. The summed E-state index contributed by atoms with van der Waals surface area (Å²) < 4.78 is 64.3. The molecule has 0 fully saturated rings. The first-order valence-corrected chi connectivity index (χ1v) is 9.83. The van der Waals surface area contributed by atoms with Crippen molar-refractivity contribution in [3.8, 4) is 5.75 Å². The summed E-state index contributed by atoms with van der Waals surface area (Å²) in [4.78, 5) is 0. The Morgan fingerprint density at radius 3 is 1.62 bits per heavy atom. The summed E-state index contributed by atoms with van der Waals surface area (Å²) in [5.74, 6) is 3.02. The summed E-state index contributed by atoms with van der Waals surface area (Å²) in [5, 5.41) is 0. The quantitative estimate of drug-likeness (QED) is 0.384. The van der Waals surface area contributed by atoms with Gasteiger partial charge in [-0.3, -0.25) is 0 Å². The van der Waals surface area contributed by atoms with Crippen LogP contribution in [0.4, 0.5) is 25.2 Å². The van der Waals surface area contributed by atoms with Crippen LogP contribution in [0.1, 0.15) is 12.6 Å². The van der Waals surface area contributed by atoms with E-state index in [2.05, 4.69) is 42.5 Å². The smallest absolute Gasteiger partial charge is 1.00 e. The Morgan fingerprint density at radius 2 is 1.21 bits per heavy atom. The third-order valence-electron chi connectivity index (χ3n) is 2.54. The van der Waals surface area contributed by atoms with E-state index < -0.39 is 7.81 Å². The van der Waals surface area contributed by atoms with Crippen LogP contribution in [0.15, 0.2) is 54.6 Å². The van der Waals surface area contributed by atoms with E-state index in [0.717, 1.165) is 17.3 Å². The number of thioether (sulfide) groups is 1. The number of methoxy groups -OCH3 is 1. The molecule has 0 spiro atoms. The molecule has 0 aliphatic rings. The van der Waals surface area contributed by atoms with Gasteiger partial charge < -0.3 is 4.74 Å². The zero-order valence-corrected chi connectivity index (χ0v) is 14.4. The Morgan fingerprint density at radius 1 is 0.792 bits per heavy atom. The molecular weight excluding hydrogens is 373 g/mol. The molecule has 136 valence electrons. The fourth-order valence-corrected chi connectivity index (χ4v) is 2.54. The predicted molar refractivity (Wildman–Crippen MR) is 89.1 cm³/mol. The first-order valence-electron chi connectivity index (χ1n) is 6.64. The van der Waals surface area contributed by atoms with Crippen LogP contribution in [0.25, 0.3) is 0 Å². The van der Waals surface area contributed by atoms with Crippen molar-refractivity contribution in [1.82, 2.24) is 0 Å². The average molecular weight is 390 g/mol. The molecule has 0 bridgehead atoms. The number of rotatable bonds is 5. The molecule has 0 saturated heterocycles. The summed E-state index contributed by atoms with van der Waals surface area (Å²) in [5.41, 5.74) is 2.72. The number of hydrogen-bond acceptors (Lipinski definition) is 2. The van der Waals surface area contributed by atoms with Gasteiger partial charge in [-0.25, -0.2) is 0 Å². The van der Waals surface area contributed by atoms with Gasteiger partial charge >= 0.3 is 34.4 Å². The molecule has 0 unspecified atom stereocenters. The normalized spacial score (nSPS) is 14.0. The Labute approximate surface area is 141 Å². The van der Waals surface area contributed by atoms with Crippen molar-refractivity contribution in [2.45, 2.75) is 11.5 Å². The van der Waals surface area contributed by atoms with Gasteiger partial charge in [-0.1, -0.05) is 42.5 Å². The topological polar surface area (TPSA) is 9.23 Å². The molecule has 0 saturated carbocycles. The van der Waals surface area contributed by atoms with Gasteiger partial charge in [0, 0.05) is 11.5 Å². The van der Waals surface area contributed by atoms with Crippen molar-refractivity contribution in [3.05, 3.63) is 65.7 Å². The molecule has 0 N–H and O–H groups in total. The van der Waals surface area contributed by atoms with E-state index in [4.69, 9.17) is 4.74 Å². The third kappa shape index (κ3) is 13.1. The van der Waals surface area contributed by atoms with Crippen molar-refractivity contribution < 1.29 is 31.3 Å². The van der Waals surface area contributed by atoms with Crippen LogP contribution in [0, 0.1) is 0 Å². The molecule has 0 radical (unpaired) electrons. The van der Waals surface area contributed by atoms with E-state index in [1.165, 1.54) is 11.1 Å². The van der Waals surface area contributed by atoms with Crippen molar-refractivity contribution in [2.75, 3.05) is 7.11 Å². The van der Waals surface area contributed by atoms with Gasteiger partial charge in [-0.15, -0.1) is 0 Å². The minimum absolute atomic E-state index is 0. The maximum Gasteiger partial charge on any atom is 1.00 e. The fourth-order valence-electron chi connectivity index (χ4n) is 1.58. The van der Waals surface area contributed by atoms with E-state index in [0.29, 0.717) is 0 Å². The molecule has 0 aliphatic carbocycles. The van der Waals surface area contributed by atoms with E-state index in [9.17, 15) is 25.2 Å². The fraction of sp³-hybridized carbons (Fsp3) is 0.200. The summed E-state index contributed by atoms with van der Waals surface area (Å²) in [6.45, 7) is 0. The Bertz CT molecular complexity index is 623. The van der Waals surface area contributed by atoms with Crippen LogP contribution in [0.3, 0.4) is 0 Å². The average Bonchev–Trinajstić information content (AvgIpc) is 2.46. The molecule has 2 aromatic carbocycles. The molecule has 0 aromatic heterocycles. The van der Waals surface area contributed by atoms with Gasteiger partial charge in [0.1, 0.15) is 5.75 Å². The van der Waals surface area contributed by atoms with Gasteiger partial charge in [-0.05, 0) is 23.3 Å². The molecule has 2 rings (SSSR count). The van der Waals surface area contributed by atoms with Gasteiger partial charge in [-0.2, -0.15) is 11.8 Å². The number of ether oxygens (including phenoxy) is 1. The standard InChI is InChI=1S/C15H16OS.F6P/c1-16-15-9-7-14(8-10-15)12-17-11-13-5-3-2-4-6-13;1-7(2,3,4,5)6/h2-10H,11-12H2,1H3;/q;-1/p+1. The first-order chi connectivity index (χ1) is 10.8. The minimum atomic E-state index is -10.7. The van der Waals surface area contributed by atoms with E-state index in [1.54, 1.807) is 7.11 Å². The molecule has 0 atom stereocenters. The number of halogens is 6. The molecule has 9 heteroatoms. The minimum Gasteiger partial charge on any atom is 1.00 e. The van der Waals surface area contributed by atoms with E-state index >= 15 is 0 Å². The van der Waals surface area contributed by atoms with Gasteiger partial charge in [0.05, 0.1) is 7.11 Å². The predicted octanol–water partition coefficient (Wildman–Crippen LogP) is 7.62. The SMILES string of the molecule is COc1ccc(CSCc2ccccc2)cc1.F[P-](F)(F)(F)(F)F.[H+]. The Balaban J connectivity index is 0.000000620. The molecule has 0 aliphatic heterocycles. The van der Waals surface area contributed by atoms with Gasteiger partial charge in [0.2, 0.25) is 0 Å². The summed E-state index contributed by atoms with van der Waals surface area (Å²) in [7, 11) is -8.96. The van der Waals surface area contributed by atoms with Gasteiger partial charge in [0.25, 0.3) is 0 Å². The van der Waals surface area contributed by atoms with Crippen LogP contribution < -0.4 is 4.74 Å². The Hall–Kier alpha value is -1.40. The molecule has 0 heterocycles. The second-order valence-electron chi connectivity index (χ2n) is 4.78. The third-order valence-corrected chi connectivity index (χ3v) is 3.61. The van der Waals surface area contributed by atoms with Crippen molar-refractivity contribution in [3.63, 3.8) is 0 Å². The summed E-state index contributed by atoms with van der Waals surface area (Å²) in [6, 6.07) is 18.8. The monoisotopic (exact) mass is 390 g/mol. The molecule has 2 aromatic rings. The molecular formula is C15H17F6OPS. The summed E-state index contributed by atoms with van der Waals surface area (Å²) in [6.07, 6.45) is 0. The zero-order valence-electron chi connectivity index (χ0n) is 13.6. The van der Waals surface area contributed by atoms with Crippen LogP contribution in [-0.4, -0.2) is 7.11 Å². The molecule has 0 amide bonds. The number of benzene rings is 2. The molecule has 1 nitrogen and oxygen atoms in total. The van der Waals surface area contributed by atoms with Crippen LogP contribution in [0.2, 0.25) is 0 Å². The maximum absolute atomic E-state index is 10.7. The number of hydrogen-bond donors (Lipinski definition) is 0. The van der Waals surface area contributed by atoms with Crippen molar-refractivity contribution >= 4 is 19.6 Å². The van der Waals surface area contributed by atoms with Crippen molar-refractivity contribution in [1.29, 1.82) is 0 Å². The Kier molecular flexibility index (Phi) is 6.22.